The lowest BCUT2D eigenvalue weighted by Gasteiger charge is -2.29. The lowest BCUT2D eigenvalue weighted by Crippen LogP contribution is -2.43. The Labute approximate surface area is 148 Å². The van der Waals surface area contributed by atoms with Crippen LogP contribution in [-0.2, 0) is 12.0 Å². The zero-order valence-electron chi connectivity index (χ0n) is 15.5. The Morgan fingerprint density at radius 1 is 1.20 bits per heavy atom. The van der Waals surface area contributed by atoms with Crippen molar-refractivity contribution >= 4 is 11.8 Å². The minimum atomic E-state index is -1.01. The minimum absolute atomic E-state index is 0.188. The number of anilines is 1. The summed E-state index contributed by atoms with van der Waals surface area (Å²) in [5.74, 6) is 1.06. The van der Waals surface area contributed by atoms with Gasteiger partial charge in [0.2, 0.25) is 0 Å². The quantitative estimate of drug-likeness (QED) is 0.864. The Bertz CT molecular complexity index is 697. The fourth-order valence-electron chi connectivity index (χ4n) is 2.35. The van der Waals surface area contributed by atoms with E-state index in [4.69, 9.17) is 4.52 Å². The summed E-state index contributed by atoms with van der Waals surface area (Å²) in [6.07, 6.45) is 0. The van der Waals surface area contributed by atoms with E-state index in [2.05, 4.69) is 10.5 Å². The van der Waals surface area contributed by atoms with Gasteiger partial charge in [-0.25, -0.2) is 4.79 Å². The first-order chi connectivity index (χ1) is 11.5. The molecule has 0 aliphatic rings. The molecule has 1 aromatic carbocycles. The third-order valence-electron chi connectivity index (χ3n) is 3.57. The summed E-state index contributed by atoms with van der Waals surface area (Å²) in [4.78, 5) is 14.2. The van der Waals surface area contributed by atoms with E-state index >= 15 is 0 Å². The molecule has 0 spiro atoms. The maximum Gasteiger partial charge on any atom is 0.323 e. The number of hydrogen-bond donors (Lipinski definition) is 2. The highest BCUT2D eigenvalue weighted by atomic mass is 16.5. The molecule has 0 atom stereocenters. The molecule has 0 aliphatic heterocycles. The third-order valence-corrected chi connectivity index (χ3v) is 3.57. The van der Waals surface area contributed by atoms with E-state index in [1.165, 1.54) is 0 Å². The maximum absolute atomic E-state index is 12.7. The van der Waals surface area contributed by atoms with Gasteiger partial charge in [-0.05, 0) is 19.4 Å². The van der Waals surface area contributed by atoms with E-state index in [0.717, 1.165) is 5.56 Å². The van der Waals surface area contributed by atoms with Crippen LogP contribution in [0.25, 0.3) is 0 Å². The molecular weight excluding hydrogens is 318 g/mol. The summed E-state index contributed by atoms with van der Waals surface area (Å²) in [5, 5.41) is 16.8. The predicted molar refractivity (Wildman–Crippen MR) is 97.4 cm³/mol. The molecule has 2 amide bonds. The minimum Gasteiger partial charge on any atom is -0.389 e. The molecule has 2 rings (SSSR count). The number of carbonyl (C=O) groups is 1. The number of aromatic nitrogens is 1. The van der Waals surface area contributed by atoms with Gasteiger partial charge in [-0.3, -0.25) is 5.32 Å². The summed E-state index contributed by atoms with van der Waals surface area (Å²) in [7, 11) is 0. The number of nitrogens with zero attached hydrogens (tertiary/aromatic N) is 2. The van der Waals surface area contributed by atoms with Crippen LogP contribution in [0, 0.1) is 0 Å². The van der Waals surface area contributed by atoms with Crippen LogP contribution in [0.4, 0.5) is 10.6 Å². The number of rotatable bonds is 5. The molecular formula is C19H27N3O3. The molecule has 2 aromatic rings. The van der Waals surface area contributed by atoms with Crippen LogP contribution < -0.4 is 5.32 Å². The number of amides is 2. The van der Waals surface area contributed by atoms with Gasteiger partial charge in [-0.2, -0.15) is 0 Å². The molecule has 1 heterocycles. The second kappa shape index (κ2) is 7.27. The highest BCUT2D eigenvalue weighted by Gasteiger charge is 2.25. The van der Waals surface area contributed by atoms with Gasteiger partial charge < -0.3 is 14.5 Å². The second-order valence-corrected chi connectivity index (χ2v) is 7.91. The maximum atomic E-state index is 12.7. The average Bonchev–Trinajstić information content (AvgIpc) is 2.95. The van der Waals surface area contributed by atoms with Crippen molar-refractivity contribution in [2.75, 3.05) is 11.9 Å². The van der Waals surface area contributed by atoms with Crippen LogP contribution in [0.5, 0.6) is 0 Å². The molecule has 25 heavy (non-hydrogen) atoms. The van der Waals surface area contributed by atoms with Gasteiger partial charge in [0.25, 0.3) is 0 Å². The van der Waals surface area contributed by atoms with E-state index in [-0.39, 0.29) is 18.0 Å². The Morgan fingerprint density at radius 2 is 1.84 bits per heavy atom. The number of urea groups is 1. The van der Waals surface area contributed by atoms with Gasteiger partial charge in [0.1, 0.15) is 5.76 Å². The largest absolute Gasteiger partial charge is 0.389 e. The van der Waals surface area contributed by atoms with Gasteiger partial charge in [-0.1, -0.05) is 56.3 Å². The van der Waals surface area contributed by atoms with Crippen molar-refractivity contribution in [2.24, 2.45) is 0 Å². The van der Waals surface area contributed by atoms with Gasteiger partial charge in [-0.15, -0.1) is 0 Å². The number of benzene rings is 1. The molecule has 0 saturated carbocycles. The third kappa shape index (κ3) is 5.90. The highest BCUT2D eigenvalue weighted by Crippen LogP contribution is 2.24. The SMILES string of the molecule is CC(C)(O)CN(Cc1ccccc1)C(=O)Nc1cc(C(C)(C)C)on1. The van der Waals surface area contributed by atoms with Crippen molar-refractivity contribution in [2.45, 2.75) is 52.2 Å². The van der Waals surface area contributed by atoms with Crippen LogP contribution in [0.15, 0.2) is 40.9 Å². The molecule has 0 unspecified atom stereocenters. The normalized spacial score (nSPS) is 12.1. The van der Waals surface area contributed by atoms with Crippen LogP contribution in [0.3, 0.4) is 0 Å². The second-order valence-electron chi connectivity index (χ2n) is 7.91. The van der Waals surface area contributed by atoms with Crippen molar-refractivity contribution in [3.05, 3.63) is 47.7 Å². The lowest BCUT2D eigenvalue weighted by atomic mass is 9.93. The molecule has 0 fully saturated rings. The first-order valence-corrected chi connectivity index (χ1v) is 8.34. The van der Waals surface area contributed by atoms with Crippen molar-refractivity contribution in [3.8, 4) is 0 Å². The van der Waals surface area contributed by atoms with Gasteiger partial charge >= 0.3 is 6.03 Å². The molecule has 1 aromatic heterocycles. The Morgan fingerprint density at radius 3 is 2.36 bits per heavy atom. The van der Waals surface area contributed by atoms with E-state index in [9.17, 15) is 9.90 Å². The molecule has 0 aliphatic carbocycles. The van der Waals surface area contributed by atoms with Gasteiger partial charge in [0, 0.05) is 18.0 Å². The van der Waals surface area contributed by atoms with Crippen molar-refractivity contribution in [1.29, 1.82) is 0 Å². The summed E-state index contributed by atoms with van der Waals surface area (Å²) in [5.41, 5.74) is -0.211. The van der Waals surface area contributed by atoms with Gasteiger partial charge in [0.05, 0.1) is 12.1 Å². The first-order valence-electron chi connectivity index (χ1n) is 8.34. The van der Waals surface area contributed by atoms with Crippen molar-refractivity contribution < 1.29 is 14.4 Å². The molecule has 136 valence electrons. The molecule has 0 saturated heterocycles. The van der Waals surface area contributed by atoms with Crippen molar-refractivity contribution in [1.82, 2.24) is 10.1 Å². The first kappa shape index (κ1) is 19.0. The van der Waals surface area contributed by atoms with Crippen LogP contribution in [0.2, 0.25) is 0 Å². The zero-order valence-corrected chi connectivity index (χ0v) is 15.5. The molecule has 0 radical (unpaired) electrons. The van der Waals surface area contributed by atoms with E-state index < -0.39 is 5.60 Å². The highest BCUT2D eigenvalue weighted by molar-refractivity contribution is 5.88. The Hall–Kier alpha value is -2.34. The molecule has 6 heteroatoms. The number of nitrogens with one attached hydrogen (secondary N) is 1. The van der Waals surface area contributed by atoms with Crippen LogP contribution in [-0.4, -0.2) is 33.3 Å². The predicted octanol–water partition coefficient (Wildman–Crippen LogP) is 3.78. The van der Waals surface area contributed by atoms with E-state index in [0.29, 0.717) is 18.1 Å². The molecule has 6 nitrogen and oxygen atoms in total. The fraction of sp³-hybridized carbons (Fsp3) is 0.474. The monoisotopic (exact) mass is 345 g/mol. The summed E-state index contributed by atoms with van der Waals surface area (Å²) >= 11 is 0. The average molecular weight is 345 g/mol. The number of aliphatic hydroxyl groups is 1. The Kier molecular flexibility index (Phi) is 5.52. The summed E-state index contributed by atoms with van der Waals surface area (Å²) in [6, 6.07) is 11.0. The molecule has 2 N–H and O–H groups in total. The zero-order chi connectivity index (χ0) is 18.7. The Balaban J connectivity index is 2.13. The number of carbonyl (C=O) groups excluding carboxylic acids is 1. The lowest BCUT2D eigenvalue weighted by molar-refractivity contribution is 0.0469. The summed E-state index contributed by atoms with van der Waals surface area (Å²) < 4.78 is 5.30. The van der Waals surface area contributed by atoms with Crippen LogP contribution in [0.1, 0.15) is 45.9 Å². The standard InChI is InChI=1S/C19H27N3O3/c1-18(2,3)15-11-16(21-25-15)20-17(23)22(13-19(4,5)24)12-14-9-7-6-8-10-14/h6-11,24H,12-13H2,1-5H3,(H,20,21,23). The fourth-order valence-corrected chi connectivity index (χ4v) is 2.35. The van der Waals surface area contributed by atoms with Gasteiger partial charge in [0.15, 0.2) is 5.82 Å². The number of hydrogen-bond acceptors (Lipinski definition) is 4. The van der Waals surface area contributed by atoms with Crippen LogP contribution >= 0.6 is 0 Å². The van der Waals surface area contributed by atoms with Crippen molar-refractivity contribution in [3.63, 3.8) is 0 Å². The summed E-state index contributed by atoms with van der Waals surface area (Å²) in [6.45, 7) is 9.95. The smallest absolute Gasteiger partial charge is 0.323 e. The van der Waals surface area contributed by atoms with E-state index in [1.807, 2.05) is 51.1 Å². The molecule has 0 bridgehead atoms. The topological polar surface area (TPSA) is 78.6 Å². The van der Waals surface area contributed by atoms with E-state index in [1.54, 1.807) is 24.8 Å².